The molecule has 1 aliphatic carbocycles. The fourth-order valence-electron chi connectivity index (χ4n) is 3.30. The molecule has 1 aromatic heterocycles. The third kappa shape index (κ3) is 6.08. The van der Waals surface area contributed by atoms with Gasteiger partial charge in [-0.3, -0.25) is 4.79 Å². The molecule has 28 heavy (non-hydrogen) atoms. The first-order chi connectivity index (χ1) is 13.7. The van der Waals surface area contributed by atoms with E-state index in [1.165, 1.54) is 37.6 Å². The normalized spacial score (nSPS) is 13.5. The van der Waals surface area contributed by atoms with Gasteiger partial charge in [-0.05, 0) is 56.2 Å². The van der Waals surface area contributed by atoms with Gasteiger partial charge in [-0.1, -0.05) is 23.8 Å². The molecular formula is C22H28N4O2. The molecule has 1 amide bonds. The second kappa shape index (κ2) is 10.4. The number of anilines is 1. The number of nitrogens with zero attached hydrogens (tertiary/aromatic N) is 2. The zero-order chi connectivity index (χ0) is 19.6. The highest BCUT2D eigenvalue weighted by molar-refractivity contribution is 5.92. The predicted octanol–water partition coefficient (Wildman–Crippen LogP) is 3.76. The van der Waals surface area contributed by atoms with Gasteiger partial charge in [0.1, 0.15) is 23.6 Å². The lowest BCUT2D eigenvalue weighted by molar-refractivity contribution is 0.0949. The summed E-state index contributed by atoms with van der Waals surface area (Å²) in [5.41, 5.74) is 3.00. The summed E-state index contributed by atoms with van der Waals surface area (Å²) in [4.78, 5) is 20.7. The third-order valence-corrected chi connectivity index (χ3v) is 4.87. The van der Waals surface area contributed by atoms with Gasteiger partial charge in [0.2, 0.25) is 0 Å². The molecule has 148 valence electrons. The molecule has 0 radical (unpaired) electrons. The summed E-state index contributed by atoms with van der Waals surface area (Å²) >= 11 is 0. The van der Waals surface area contributed by atoms with Crippen molar-refractivity contribution in [1.82, 2.24) is 15.3 Å². The van der Waals surface area contributed by atoms with E-state index in [9.17, 15) is 4.79 Å². The SMILES string of the molecule is COc1cccc(CCNC(=O)c2cc(NCCC3=CCCCC3)ncn2)c1. The lowest BCUT2D eigenvalue weighted by atomic mass is 9.97. The fraction of sp³-hybridized carbons (Fsp3) is 0.409. The average Bonchev–Trinajstić information content (AvgIpc) is 2.75. The maximum absolute atomic E-state index is 12.4. The molecule has 0 unspecified atom stereocenters. The van der Waals surface area contributed by atoms with E-state index in [0.29, 0.717) is 18.1 Å². The van der Waals surface area contributed by atoms with E-state index in [1.54, 1.807) is 13.2 Å². The Balaban J connectivity index is 1.45. The summed E-state index contributed by atoms with van der Waals surface area (Å²) in [6, 6.07) is 9.55. The van der Waals surface area contributed by atoms with Crippen LogP contribution >= 0.6 is 0 Å². The van der Waals surface area contributed by atoms with Gasteiger partial charge in [0.15, 0.2) is 0 Å². The number of hydrogen-bond acceptors (Lipinski definition) is 5. The standard InChI is InChI=1S/C22H28N4O2/c1-28-19-9-5-8-18(14-19)11-13-24-22(27)20-15-21(26-16-25-20)23-12-10-17-6-3-2-4-7-17/h5-6,8-9,14-16H,2-4,7,10-13H2,1H3,(H,24,27)(H,23,25,26). The van der Waals surface area contributed by atoms with Gasteiger partial charge in [0.25, 0.3) is 5.91 Å². The monoisotopic (exact) mass is 380 g/mol. The Morgan fingerprint density at radius 3 is 2.89 bits per heavy atom. The predicted molar refractivity (Wildman–Crippen MR) is 111 cm³/mol. The zero-order valence-electron chi connectivity index (χ0n) is 16.4. The highest BCUT2D eigenvalue weighted by atomic mass is 16.5. The van der Waals surface area contributed by atoms with Gasteiger partial charge in [0.05, 0.1) is 7.11 Å². The van der Waals surface area contributed by atoms with Gasteiger partial charge in [0, 0.05) is 19.2 Å². The van der Waals surface area contributed by atoms with E-state index in [2.05, 4.69) is 26.7 Å². The molecule has 0 fully saturated rings. The number of carbonyl (C=O) groups is 1. The Morgan fingerprint density at radius 1 is 1.14 bits per heavy atom. The first kappa shape index (κ1) is 19.9. The first-order valence-electron chi connectivity index (χ1n) is 9.89. The van der Waals surface area contributed by atoms with Crippen LogP contribution in [0.15, 0.2) is 48.3 Å². The number of allylic oxidation sites excluding steroid dienone is 1. The molecule has 2 N–H and O–H groups in total. The topological polar surface area (TPSA) is 76.1 Å². The summed E-state index contributed by atoms with van der Waals surface area (Å²) in [7, 11) is 1.65. The van der Waals surface area contributed by atoms with Crippen molar-refractivity contribution in [3.8, 4) is 5.75 Å². The quantitative estimate of drug-likeness (QED) is 0.648. The number of nitrogens with one attached hydrogen (secondary N) is 2. The Hall–Kier alpha value is -2.89. The average molecular weight is 380 g/mol. The minimum Gasteiger partial charge on any atom is -0.497 e. The van der Waals surface area contributed by atoms with Crippen LogP contribution in [0, 0.1) is 0 Å². The molecule has 0 saturated heterocycles. The lowest BCUT2D eigenvalue weighted by Gasteiger charge is -2.13. The van der Waals surface area contributed by atoms with Crippen molar-refractivity contribution in [2.24, 2.45) is 0 Å². The fourth-order valence-corrected chi connectivity index (χ4v) is 3.30. The van der Waals surface area contributed by atoms with E-state index >= 15 is 0 Å². The molecule has 1 aromatic carbocycles. The number of ether oxygens (including phenoxy) is 1. The minimum absolute atomic E-state index is 0.191. The number of amides is 1. The summed E-state index contributed by atoms with van der Waals surface area (Å²) in [6.45, 7) is 1.35. The molecule has 0 spiro atoms. The van der Waals surface area contributed by atoms with E-state index in [0.717, 1.165) is 30.7 Å². The second-order valence-electron chi connectivity index (χ2n) is 6.93. The van der Waals surface area contributed by atoms with Crippen molar-refractivity contribution in [3.63, 3.8) is 0 Å². The number of hydrogen-bond donors (Lipinski definition) is 2. The second-order valence-corrected chi connectivity index (χ2v) is 6.93. The summed E-state index contributed by atoms with van der Waals surface area (Å²) in [5.74, 6) is 1.31. The van der Waals surface area contributed by atoms with Gasteiger partial charge >= 0.3 is 0 Å². The molecule has 0 saturated carbocycles. The summed E-state index contributed by atoms with van der Waals surface area (Å²) in [6.07, 6.45) is 10.5. The molecule has 0 aliphatic heterocycles. The van der Waals surface area contributed by atoms with Crippen molar-refractivity contribution in [1.29, 1.82) is 0 Å². The molecule has 1 aliphatic rings. The van der Waals surface area contributed by atoms with Gasteiger partial charge < -0.3 is 15.4 Å². The Morgan fingerprint density at radius 2 is 2.07 bits per heavy atom. The van der Waals surface area contributed by atoms with Crippen LogP contribution in [0.3, 0.4) is 0 Å². The van der Waals surface area contributed by atoms with Crippen LogP contribution in [0.5, 0.6) is 5.75 Å². The molecule has 1 heterocycles. The van der Waals surface area contributed by atoms with Crippen LogP contribution in [0.4, 0.5) is 5.82 Å². The lowest BCUT2D eigenvalue weighted by Crippen LogP contribution is -2.26. The van der Waals surface area contributed by atoms with Crippen LogP contribution in [0.25, 0.3) is 0 Å². The zero-order valence-corrected chi connectivity index (χ0v) is 16.4. The molecule has 6 nitrogen and oxygen atoms in total. The minimum atomic E-state index is -0.191. The highest BCUT2D eigenvalue weighted by Gasteiger charge is 2.09. The van der Waals surface area contributed by atoms with Crippen molar-refractivity contribution in [2.45, 2.75) is 38.5 Å². The van der Waals surface area contributed by atoms with Crippen molar-refractivity contribution in [2.75, 3.05) is 25.5 Å². The van der Waals surface area contributed by atoms with Crippen LogP contribution in [0.1, 0.15) is 48.2 Å². The molecule has 0 bridgehead atoms. The Labute approximate surface area is 166 Å². The Bertz CT molecular complexity index is 820. The number of aromatic nitrogens is 2. The van der Waals surface area contributed by atoms with Crippen molar-refractivity contribution >= 4 is 11.7 Å². The smallest absolute Gasteiger partial charge is 0.270 e. The van der Waals surface area contributed by atoms with Crippen LogP contribution in [0.2, 0.25) is 0 Å². The Kier molecular flexibility index (Phi) is 7.41. The van der Waals surface area contributed by atoms with Gasteiger partial charge in [-0.2, -0.15) is 0 Å². The molecule has 2 aromatic rings. The highest BCUT2D eigenvalue weighted by Crippen LogP contribution is 2.20. The van der Waals surface area contributed by atoms with E-state index in [4.69, 9.17) is 4.74 Å². The number of carbonyl (C=O) groups excluding carboxylic acids is 1. The van der Waals surface area contributed by atoms with Crippen molar-refractivity contribution in [3.05, 3.63) is 59.6 Å². The maximum atomic E-state index is 12.4. The molecule has 3 rings (SSSR count). The van der Waals surface area contributed by atoms with E-state index in [-0.39, 0.29) is 5.91 Å². The molecule has 6 heteroatoms. The number of rotatable bonds is 9. The van der Waals surface area contributed by atoms with E-state index < -0.39 is 0 Å². The van der Waals surface area contributed by atoms with Gasteiger partial charge in [-0.15, -0.1) is 0 Å². The van der Waals surface area contributed by atoms with Crippen LogP contribution in [-0.4, -0.2) is 36.1 Å². The largest absolute Gasteiger partial charge is 0.497 e. The summed E-state index contributed by atoms with van der Waals surface area (Å²) in [5, 5.41) is 6.21. The van der Waals surface area contributed by atoms with E-state index in [1.807, 2.05) is 24.3 Å². The molecular weight excluding hydrogens is 352 g/mol. The van der Waals surface area contributed by atoms with Crippen LogP contribution in [-0.2, 0) is 6.42 Å². The maximum Gasteiger partial charge on any atom is 0.270 e. The third-order valence-electron chi connectivity index (χ3n) is 4.87. The first-order valence-corrected chi connectivity index (χ1v) is 9.89. The van der Waals surface area contributed by atoms with Gasteiger partial charge in [-0.25, -0.2) is 9.97 Å². The summed E-state index contributed by atoms with van der Waals surface area (Å²) < 4.78 is 5.22. The number of methoxy groups -OCH3 is 1. The van der Waals surface area contributed by atoms with Crippen molar-refractivity contribution < 1.29 is 9.53 Å². The van der Waals surface area contributed by atoms with Crippen LogP contribution < -0.4 is 15.4 Å². The molecule has 0 atom stereocenters. The number of benzene rings is 1.